The Balaban J connectivity index is 1.76. The number of fused-ring (bicyclic) bond motifs is 2. The molecule has 7 heteroatoms. The Hall–Kier alpha value is -2.93. The smallest absolute Gasteiger partial charge is 0.295 e. The number of benzene rings is 2. The fourth-order valence-electron chi connectivity index (χ4n) is 2.52. The zero-order valence-electron chi connectivity index (χ0n) is 13.1. The lowest BCUT2D eigenvalue weighted by atomic mass is 10.1. The summed E-state index contributed by atoms with van der Waals surface area (Å²) >= 11 is 1.46. The van der Waals surface area contributed by atoms with Crippen LogP contribution in [0, 0.1) is 0 Å². The van der Waals surface area contributed by atoms with Crippen molar-refractivity contribution in [2.45, 2.75) is 6.92 Å². The Morgan fingerprint density at radius 2 is 1.83 bits per heavy atom. The van der Waals surface area contributed by atoms with Crippen molar-refractivity contribution in [3.8, 4) is 11.1 Å². The number of aromatic nitrogens is 2. The second-order valence-corrected chi connectivity index (χ2v) is 6.36. The summed E-state index contributed by atoms with van der Waals surface area (Å²) in [6, 6.07) is 12.5. The highest BCUT2D eigenvalue weighted by Gasteiger charge is 2.09. The molecule has 120 valence electrons. The SMILES string of the molecule is CNc1nc2ccc(-c3ccc4nc(NC(C)=O)sc4c3)cc2o1. The standard InChI is InChI=1S/C17H14N4O2S/c1-9(22)19-17-21-13-6-4-11(8-15(13)24-17)10-3-5-12-14(7-10)23-16(18-2)20-12/h3-8H,1-2H3,(H,18,20)(H,19,21,22). The Morgan fingerprint density at radius 3 is 2.58 bits per heavy atom. The molecule has 0 unspecified atom stereocenters. The number of anilines is 2. The summed E-state index contributed by atoms with van der Waals surface area (Å²) in [7, 11) is 1.77. The molecule has 0 aliphatic heterocycles. The molecule has 6 nitrogen and oxygen atoms in total. The summed E-state index contributed by atoms with van der Waals surface area (Å²) < 4.78 is 6.65. The minimum atomic E-state index is -0.120. The maximum absolute atomic E-state index is 11.2. The fourth-order valence-corrected chi connectivity index (χ4v) is 3.47. The van der Waals surface area contributed by atoms with Crippen LogP contribution in [0.4, 0.5) is 11.1 Å². The summed E-state index contributed by atoms with van der Waals surface area (Å²) in [6.07, 6.45) is 0. The first-order valence-corrected chi connectivity index (χ1v) is 8.21. The average Bonchev–Trinajstić information content (AvgIpc) is 3.15. The van der Waals surface area contributed by atoms with Crippen LogP contribution in [0.5, 0.6) is 0 Å². The number of hydrogen-bond donors (Lipinski definition) is 2. The molecule has 2 aromatic carbocycles. The maximum Gasteiger partial charge on any atom is 0.295 e. The van der Waals surface area contributed by atoms with Crippen molar-refractivity contribution in [1.29, 1.82) is 0 Å². The van der Waals surface area contributed by atoms with Gasteiger partial charge in [0.1, 0.15) is 5.52 Å². The molecule has 0 saturated carbocycles. The first-order chi connectivity index (χ1) is 11.6. The highest BCUT2D eigenvalue weighted by molar-refractivity contribution is 7.22. The Morgan fingerprint density at radius 1 is 1.08 bits per heavy atom. The number of nitrogens with one attached hydrogen (secondary N) is 2. The van der Waals surface area contributed by atoms with Crippen LogP contribution >= 0.6 is 11.3 Å². The molecule has 24 heavy (non-hydrogen) atoms. The largest absolute Gasteiger partial charge is 0.424 e. The van der Waals surface area contributed by atoms with Crippen molar-refractivity contribution in [1.82, 2.24) is 9.97 Å². The van der Waals surface area contributed by atoms with Crippen LogP contribution in [0.25, 0.3) is 32.4 Å². The van der Waals surface area contributed by atoms with Crippen molar-refractivity contribution < 1.29 is 9.21 Å². The van der Waals surface area contributed by atoms with Gasteiger partial charge in [-0.25, -0.2) is 4.98 Å². The van der Waals surface area contributed by atoms with Gasteiger partial charge in [-0.1, -0.05) is 23.5 Å². The van der Waals surface area contributed by atoms with E-state index in [1.807, 2.05) is 30.3 Å². The lowest BCUT2D eigenvalue weighted by Crippen LogP contribution is -2.04. The monoisotopic (exact) mass is 338 g/mol. The summed E-state index contributed by atoms with van der Waals surface area (Å²) in [5.74, 6) is -0.120. The highest BCUT2D eigenvalue weighted by Crippen LogP contribution is 2.32. The van der Waals surface area contributed by atoms with Crippen molar-refractivity contribution in [2.24, 2.45) is 0 Å². The second kappa shape index (κ2) is 5.61. The third kappa shape index (κ3) is 2.59. The lowest BCUT2D eigenvalue weighted by Gasteiger charge is -2.01. The molecule has 0 fully saturated rings. The maximum atomic E-state index is 11.2. The predicted molar refractivity (Wildman–Crippen MR) is 96.5 cm³/mol. The minimum Gasteiger partial charge on any atom is -0.424 e. The van der Waals surface area contributed by atoms with E-state index in [4.69, 9.17) is 4.42 Å². The number of thiazole rings is 1. The van der Waals surface area contributed by atoms with Crippen molar-refractivity contribution in [3.63, 3.8) is 0 Å². The van der Waals surface area contributed by atoms with Crippen molar-refractivity contribution in [3.05, 3.63) is 36.4 Å². The molecule has 0 spiro atoms. The second-order valence-electron chi connectivity index (χ2n) is 5.33. The molecule has 0 saturated heterocycles. The third-order valence-corrected chi connectivity index (χ3v) is 4.54. The number of carbonyl (C=O) groups excluding carboxylic acids is 1. The first kappa shape index (κ1) is 14.6. The Kier molecular flexibility index (Phi) is 3.42. The molecule has 0 aliphatic rings. The molecular formula is C17H14N4O2S. The van der Waals surface area contributed by atoms with E-state index in [0.29, 0.717) is 11.1 Å². The van der Waals surface area contributed by atoms with Crippen molar-refractivity contribution in [2.75, 3.05) is 17.7 Å². The van der Waals surface area contributed by atoms with Crippen LogP contribution in [-0.2, 0) is 4.79 Å². The molecule has 0 radical (unpaired) electrons. The van der Waals surface area contributed by atoms with Gasteiger partial charge >= 0.3 is 0 Å². The molecule has 1 amide bonds. The summed E-state index contributed by atoms with van der Waals surface area (Å²) in [6.45, 7) is 1.48. The summed E-state index contributed by atoms with van der Waals surface area (Å²) in [4.78, 5) is 19.9. The quantitative estimate of drug-likeness (QED) is 0.588. The topological polar surface area (TPSA) is 80.0 Å². The lowest BCUT2D eigenvalue weighted by molar-refractivity contribution is -0.114. The molecule has 0 atom stereocenters. The first-order valence-electron chi connectivity index (χ1n) is 7.39. The van der Waals surface area contributed by atoms with Gasteiger partial charge in [-0.15, -0.1) is 0 Å². The zero-order valence-corrected chi connectivity index (χ0v) is 13.9. The van der Waals surface area contributed by atoms with Crippen LogP contribution in [0.1, 0.15) is 6.92 Å². The van der Waals surface area contributed by atoms with E-state index in [2.05, 4.69) is 26.7 Å². The van der Waals surface area contributed by atoms with E-state index in [1.165, 1.54) is 18.3 Å². The van der Waals surface area contributed by atoms with Crippen LogP contribution in [0.3, 0.4) is 0 Å². The molecule has 2 heterocycles. The summed E-state index contributed by atoms with van der Waals surface area (Å²) in [5, 5.41) is 6.23. The van der Waals surface area contributed by atoms with Gasteiger partial charge in [-0.3, -0.25) is 4.79 Å². The van der Waals surface area contributed by atoms with Gasteiger partial charge in [-0.2, -0.15) is 4.98 Å². The van der Waals surface area contributed by atoms with Crippen molar-refractivity contribution >= 4 is 49.7 Å². The van der Waals surface area contributed by atoms with E-state index < -0.39 is 0 Å². The molecule has 2 aromatic heterocycles. The number of rotatable bonds is 3. The Labute approximate surface area is 141 Å². The molecule has 4 aromatic rings. The number of amides is 1. The van der Waals surface area contributed by atoms with Gasteiger partial charge in [0.15, 0.2) is 10.7 Å². The van der Waals surface area contributed by atoms with Gasteiger partial charge in [-0.05, 0) is 35.4 Å². The van der Waals surface area contributed by atoms with Crippen LogP contribution in [0.2, 0.25) is 0 Å². The third-order valence-electron chi connectivity index (χ3n) is 3.61. The predicted octanol–water partition coefficient (Wildman–Crippen LogP) is 4.10. The Bertz CT molecular complexity index is 1070. The number of oxazole rings is 1. The van der Waals surface area contributed by atoms with Gasteiger partial charge in [0.2, 0.25) is 5.91 Å². The number of carbonyl (C=O) groups is 1. The minimum absolute atomic E-state index is 0.120. The molecule has 2 N–H and O–H groups in total. The molecule has 4 rings (SSSR count). The molecular weight excluding hydrogens is 324 g/mol. The molecule has 0 aliphatic carbocycles. The van der Waals surface area contributed by atoms with Gasteiger partial charge < -0.3 is 15.1 Å². The highest BCUT2D eigenvalue weighted by atomic mass is 32.1. The average molecular weight is 338 g/mol. The van der Waals surface area contributed by atoms with E-state index in [-0.39, 0.29) is 5.91 Å². The van der Waals surface area contributed by atoms with Crippen LogP contribution in [0.15, 0.2) is 40.8 Å². The van der Waals surface area contributed by atoms with Crippen LogP contribution in [-0.4, -0.2) is 22.9 Å². The van der Waals surface area contributed by atoms with E-state index in [9.17, 15) is 4.79 Å². The van der Waals surface area contributed by atoms with Crippen LogP contribution < -0.4 is 10.6 Å². The zero-order chi connectivity index (χ0) is 16.7. The van der Waals surface area contributed by atoms with Gasteiger partial charge in [0.25, 0.3) is 6.01 Å². The van der Waals surface area contributed by atoms with E-state index in [1.54, 1.807) is 7.05 Å². The summed E-state index contributed by atoms with van der Waals surface area (Å²) in [5.41, 5.74) is 4.52. The number of hydrogen-bond acceptors (Lipinski definition) is 6. The number of nitrogens with zero attached hydrogens (tertiary/aromatic N) is 2. The van der Waals surface area contributed by atoms with E-state index in [0.717, 1.165) is 32.4 Å². The normalized spacial score (nSPS) is 11.1. The van der Waals surface area contributed by atoms with Gasteiger partial charge in [0.05, 0.1) is 10.2 Å². The van der Waals surface area contributed by atoms with Gasteiger partial charge in [0, 0.05) is 14.0 Å². The van der Waals surface area contributed by atoms with E-state index >= 15 is 0 Å². The molecule has 0 bridgehead atoms. The fraction of sp³-hybridized carbons (Fsp3) is 0.118.